The summed E-state index contributed by atoms with van der Waals surface area (Å²) in [5.74, 6) is -2.30. The molecule has 0 atom stereocenters. The second-order valence-electron chi connectivity index (χ2n) is 5.59. The Morgan fingerprint density at radius 3 is 1.30 bits per heavy atom. The van der Waals surface area contributed by atoms with E-state index in [9.17, 15) is 43.5 Å². The second-order valence-corrected chi connectivity index (χ2v) is 7.48. The molecule has 0 aliphatic heterocycles. The average Bonchev–Trinajstić information content (AvgIpc) is 2.43. The summed E-state index contributed by atoms with van der Waals surface area (Å²) in [6.45, 7) is 0. The summed E-state index contributed by atoms with van der Waals surface area (Å²) in [4.78, 5) is -2.01. The third kappa shape index (κ3) is 5.41. The van der Waals surface area contributed by atoms with Gasteiger partial charge in [0.2, 0.25) is 9.84 Å². The molecule has 2 nitrogen and oxygen atoms in total. The van der Waals surface area contributed by atoms with Gasteiger partial charge in [0.05, 0.1) is 22.6 Å². The highest BCUT2D eigenvalue weighted by Gasteiger charge is 2.35. The zero-order valence-electron chi connectivity index (χ0n) is 13.1. The van der Waals surface area contributed by atoms with Crippen molar-refractivity contribution in [3.63, 3.8) is 0 Å². The fourth-order valence-corrected chi connectivity index (χ4v) is 4.13. The van der Waals surface area contributed by atoms with Gasteiger partial charge in [-0.1, -0.05) is 0 Å². The molecule has 0 fully saturated rings. The van der Waals surface area contributed by atoms with Crippen molar-refractivity contribution >= 4 is 9.84 Å². The van der Waals surface area contributed by atoms with Crippen molar-refractivity contribution in [2.45, 2.75) is 35.0 Å². The lowest BCUT2D eigenvalue weighted by atomic mass is 10.1. The van der Waals surface area contributed by atoms with Crippen LogP contribution in [0, 0.1) is 11.6 Å². The number of sulfone groups is 1. The Labute approximate surface area is 148 Å². The molecule has 11 heteroatoms. The standard InChI is InChI=1S/C16H10F8O2S/c17-11-1-3-13(9(5-11)7-15(19,20)21)27(25,26)14-4-2-12(18)6-10(14)8-16(22,23)24/h1-6H,7-8H2. The van der Waals surface area contributed by atoms with Gasteiger partial charge in [-0.05, 0) is 47.5 Å². The van der Waals surface area contributed by atoms with Crippen molar-refractivity contribution in [1.82, 2.24) is 0 Å². The first-order valence-corrected chi connectivity index (χ1v) is 8.63. The molecule has 2 rings (SSSR count). The first kappa shape index (κ1) is 21.1. The Morgan fingerprint density at radius 1 is 0.667 bits per heavy atom. The maximum atomic E-state index is 13.3. The number of rotatable bonds is 4. The van der Waals surface area contributed by atoms with Gasteiger partial charge in [-0.15, -0.1) is 0 Å². The molecule has 0 spiro atoms. The highest BCUT2D eigenvalue weighted by atomic mass is 32.2. The summed E-state index contributed by atoms with van der Waals surface area (Å²) >= 11 is 0. The molecule has 0 aliphatic carbocycles. The highest BCUT2D eigenvalue weighted by molar-refractivity contribution is 7.91. The molecule has 2 aromatic carbocycles. The van der Waals surface area contributed by atoms with Crippen LogP contribution in [-0.2, 0) is 22.7 Å². The van der Waals surface area contributed by atoms with Gasteiger partial charge in [-0.25, -0.2) is 17.2 Å². The normalized spacial score (nSPS) is 13.0. The summed E-state index contributed by atoms with van der Waals surface area (Å²) in [6.07, 6.45) is -13.4. The van der Waals surface area contributed by atoms with E-state index in [1.807, 2.05) is 0 Å². The molecule has 0 saturated heterocycles. The van der Waals surface area contributed by atoms with E-state index in [1.165, 1.54) is 0 Å². The van der Waals surface area contributed by atoms with Crippen LogP contribution >= 0.6 is 0 Å². The van der Waals surface area contributed by atoms with Gasteiger partial charge in [-0.2, -0.15) is 26.3 Å². The van der Waals surface area contributed by atoms with Crippen molar-refractivity contribution in [3.8, 4) is 0 Å². The van der Waals surface area contributed by atoms with E-state index in [4.69, 9.17) is 0 Å². The first-order chi connectivity index (χ1) is 12.2. The monoisotopic (exact) mass is 418 g/mol. The molecule has 27 heavy (non-hydrogen) atoms. The second kappa shape index (κ2) is 7.10. The molecule has 0 heterocycles. The van der Waals surface area contributed by atoms with E-state index in [-0.39, 0.29) is 0 Å². The van der Waals surface area contributed by atoms with Gasteiger partial charge >= 0.3 is 12.4 Å². The SMILES string of the molecule is O=S(=O)(c1ccc(F)cc1CC(F)(F)F)c1ccc(F)cc1CC(F)(F)F. The smallest absolute Gasteiger partial charge is 0.218 e. The van der Waals surface area contributed by atoms with Gasteiger partial charge in [-0.3, -0.25) is 0 Å². The van der Waals surface area contributed by atoms with Crippen LogP contribution in [0.1, 0.15) is 11.1 Å². The number of benzene rings is 2. The number of alkyl halides is 6. The maximum Gasteiger partial charge on any atom is 0.393 e. The van der Waals surface area contributed by atoms with Crippen LogP contribution in [0.15, 0.2) is 46.2 Å². The average molecular weight is 418 g/mol. The van der Waals surface area contributed by atoms with E-state index >= 15 is 0 Å². The molecule has 0 unspecified atom stereocenters. The van der Waals surface area contributed by atoms with E-state index in [0.717, 1.165) is 0 Å². The Hall–Kier alpha value is -2.17. The van der Waals surface area contributed by atoms with Crippen LogP contribution in [0.25, 0.3) is 0 Å². The molecular formula is C16H10F8O2S. The lowest BCUT2D eigenvalue weighted by molar-refractivity contribution is -0.128. The Balaban J connectivity index is 2.67. The van der Waals surface area contributed by atoms with Gasteiger partial charge < -0.3 is 0 Å². The predicted molar refractivity (Wildman–Crippen MR) is 77.8 cm³/mol. The van der Waals surface area contributed by atoms with E-state index in [2.05, 4.69) is 0 Å². The molecule has 0 aromatic heterocycles. The van der Waals surface area contributed by atoms with Gasteiger partial charge in [0.25, 0.3) is 0 Å². The molecule has 0 radical (unpaired) electrons. The van der Waals surface area contributed by atoms with Crippen LogP contribution in [-0.4, -0.2) is 20.8 Å². The molecule has 0 bridgehead atoms. The predicted octanol–water partition coefficient (Wildman–Crippen LogP) is 5.01. The fraction of sp³-hybridized carbons (Fsp3) is 0.250. The van der Waals surface area contributed by atoms with Crippen LogP contribution in [0.2, 0.25) is 0 Å². The van der Waals surface area contributed by atoms with Crippen molar-refractivity contribution < 1.29 is 43.5 Å². The molecule has 0 N–H and O–H groups in total. The lowest BCUT2D eigenvalue weighted by Crippen LogP contribution is -2.18. The maximum absolute atomic E-state index is 13.3. The third-order valence-corrected chi connectivity index (χ3v) is 5.36. The van der Waals surface area contributed by atoms with Crippen molar-refractivity contribution in [2.24, 2.45) is 0 Å². The van der Waals surface area contributed by atoms with Crippen LogP contribution in [0.3, 0.4) is 0 Å². The quantitative estimate of drug-likeness (QED) is 0.517. The first-order valence-electron chi connectivity index (χ1n) is 7.14. The Morgan fingerprint density at radius 2 is 1.00 bits per heavy atom. The van der Waals surface area contributed by atoms with E-state index in [1.54, 1.807) is 0 Å². The molecule has 2 aromatic rings. The van der Waals surface area contributed by atoms with Crippen molar-refractivity contribution in [2.75, 3.05) is 0 Å². The van der Waals surface area contributed by atoms with Gasteiger partial charge in [0.1, 0.15) is 11.6 Å². The van der Waals surface area contributed by atoms with Gasteiger partial charge in [0.15, 0.2) is 0 Å². The summed E-state index contributed by atoms with van der Waals surface area (Å²) in [5.41, 5.74) is -1.94. The summed E-state index contributed by atoms with van der Waals surface area (Å²) in [7, 11) is -4.91. The summed E-state index contributed by atoms with van der Waals surface area (Å²) in [5, 5.41) is 0. The highest BCUT2D eigenvalue weighted by Crippen LogP contribution is 2.33. The number of halogens is 8. The minimum atomic E-state index is -4.91. The number of hydrogen-bond acceptors (Lipinski definition) is 2. The largest absolute Gasteiger partial charge is 0.393 e. The van der Waals surface area contributed by atoms with Crippen LogP contribution < -0.4 is 0 Å². The molecule has 0 saturated carbocycles. The Bertz CT molecular complexity index is 874. The van der Waals surface area contributed by atoms with Crippen molar-refractivity contribution in [3.05, 3.63) is 59.2 Å². The minimum absolute atomic E-state index is 0.341. The topological polar surface area (TPSA) is 34.1 Å². The molecular weight excluding hydrogens is 408 g/mol. The van der Waals surface area contributed by atoms with Crippen LogP contribution in [0.5, 0.6) is 0 Å². The fourth-order valence-electron chi connectivity index (χ4n) is 2.45. The molecule has 148 valence electrons. The van der Waals surface area contributed by atoms with E-state index in [0.29, 0.717) is 36.4 Å². The summed E-state index contributed by atoms with van der Waals surface area (Å²) < 4.78 is 128. The molecule has 0 amide bonds. The van der Waals surface area contributed by atoms with Crippen LogP contribution in [0.4, 0.5) is 35.1 Å². The Kier molecular flexibility index (Phi) is 5.56. The zero-order valence-corrected chi connectivity index (χ0v) is 13.9. The zero-order chi connectivity index (χ0) is 20.6. The summed E-state index contributed by atoms with van der Waals surface area (Å²) in [6, 6.07) is 2.89. The molecule has 0 aliphatic rings. The minimum Gasteiger partial charge on any atom is -0.218 e. The lowest BCUT2D eigenvalue weighted by Gasteiger charge is -2.16. The number of hydrogen-bond donors (Lipinski definition) is 0. The van der Waals surface area contributed by atoms with Crippen molar-refractivity contribution in [1.29, 1.82) is 0 Å². The van der Waals surface area contributed by atoms with E-state index < -0.39 is 67.6 Å². The third-order valence-electron chi connectivity index (χ3n) is 3.41. The van der Waals surface area contributed by atoms with Gasteiger partial charge in [0, 0.05) is 0 Å².